The SMILES string of the molecule is COc1ccc(CC[N+](C)(CCCNCc2ccccc2)c2ccc(OC)c(OC)c2)cc1OC. The minimum atomic E-state index is 0.743. The van der Waals surface area contributed by atoms with Crippen LogP contribution in [0.2, 0.25) is 0 Å². The molecular weight excluding hydrogens is 440 g/mol. The summed E-state index contributed by atoms with van der Waals surface area (Å²) in [4.78, 5) is 0. The van der Waals surface area contributed by atoms with Gasteiger partial charge in [-0.15, -0.1) is 0 Å². The molecule has 6 heteroatoms. The van der Waals surface area contributed by atoms with Gasteiger partial charge in [-0.05, 0) is 29.3 Å². The normalized spacial score (nSPS) is 12.6. The van der Waals surface area contributed by atoms with E-state index in [9.17, 15) is 0 Å². The molecule has 0 fully saturated rings. The van der Waals surface area contributed by atoms with Crippen molar-refractivity contribution in [3.63, 3.8) is 0 Å². The Hall–Kier alpha value is -3.22. The van der Waals surface area contributed by atoms with Crippen LogP contribution in [0.15, 0.2) is 66.7 Å². The van der Waals surface area contributed by atoms with E-state index in [0.29, 0.717) is 0 Å². The van der Waals surface area contributed by atoms with Crippen LogP contribution in [-0.4, -0.2) is 55.1 Å². The number of likely N-dealkylation sites (N-methyl/N-ethyl adjacent to an activating group) is 1. The number of nitrogens with zero attached hydrogens (tertiary/aromatic N) is 1. The molecule has 0 aromatic heterocycles. The lowest BCUT2D eigenvalue weighted by Gasteiger charge is -2.35. The number of nitrogens with one attached hydrogen (secondary N) is 1. The van der Waals surface area contributed by atoms with Crippen LogP contribution >= 0.6 is 0 Å². The molecule has 0 saturated heterocycles. The summed E-state index contributed by atoms with van der Waals surface area (Å²) in [5.74, 6) is 3.00. The van der Waals surface area contributed by atoms with E-state index in [1.807, 2.05) is 18.2 Å². The number of quaternary nitrogens is 1. The first-order valence-electron chi connectivity index (χ1n) is 12.1. The second kappa shape index (κ2) is 13.0. The van der Waals surface area contributed by atoms with Gasteiger partial charge >= 0.3 is 0 Å². The van der Waals surface area contributed by atoms with Crippen molar-refractivity contribution in [3.8, 4) is 23.0 Å². The van der Waals surface area contributed by atoms with Crippen LogP contribution in [0.25, 0.3) is 0 Å². The van der Waals surface area contributed by atoms with Gasteiger partial charge in [0.1, 0.15) is 5.69 Å². The van der Waals surface area contributed by atoms with Crippen LogP contribution in [-0.2, 0) is 13.0 Å². The number of rotatable bonds is 14. The summed E-state index contributed by atoms with van der Waals surface area (Å²) >= 11 is 0. The lowest BCUT2D eigenvalue weighted by atomic mass is 10.1. The summed E-state index contributed by atoms with van der Waals surface area (Å²) in [7, 11) is 8.98. The van der Waals surface area contributed by atoms with Crippen molar-refractivity contribution in [1.29, 1.82) is 0 Å². The fraction of sp³-hybridized carbons (Fsp3) is 0.379. The van der Waals surface area contributed by atoms with Crippen molar-refractivity contribution >= 4 is 5.69 Å². The third-order valence-electron chi connectivity index (χ3n) is 6.51. The van der Waals surface area contributed by atoms with E-state index >= 15 is 0 Å². The highest BCUT2D eigenvalue weighted by atomic mass is 16.5. The molecule has 0 amide bonds. The van der Waals surface area contributed by atoms with Crippen molar-refractivity contribution < 1.29 is 18.9 Å². The van der Waals surface area contributed by atoms with Gasteiger partial charge in [-0.2, -0.15) is 0 Å². The number of ether oxygens (including phenoxy) is 4. The Kier molecular flexibility index (Phi) is 9.82. The number of benzene rings is 3. The van der Waals surface area contributed by atoms with Gasteiger partial charge in [0, 0.05) is 38.1 Å². The average molecular weight is 480 g/mol. The molecule has 0 heterocycles. The van der Waals surface area contributed by atoms with Gasteiger partial charge in [-0.1, -0.05) is 36.4 Å². The van der Waals surface area contributed by atoms with E-state index in [0.717, 1.165) is 66.5 Å². The topological polar surface area (TPSA) is 49.0 Å². The van der Waals surface area contributed by atoms with Crippen molar-refractivity contribution in [2.45, 2.75) is 19.4 Å². The molecule has 0 spiro atoms. The number of hydrogen-bond acceptors (Lipinski definition) is 5. The molecule has 1 unspecified atom stereocenters. The maximum absolute atomic E-state index is 5.60. The molecule has 1 N–H and O–H groups in total. The Morgan fingerprint density at radius 2 is 1.29 bits per heavy atom. The van der Waals surface area contributed by atoms with E-state index in [1.165, 1.54) is 16.8 Å². The first kappa shape index (κ1) is 26.4. The van der Waals surface area contributed by atoms with Crippen LogP contribution < -0.4 is 28.7 Å². The van der Waals surface area contributed by atoms with Crippen LogP contribution in [0.1, 0.15) is 17.5 Å². The van der Waals surface area contributed by atoms with Gasteiger partial charge in [0.05, 0.1) is 48.6 Å². The standard InChI is InChI=1S/C29H39N2O4/c1-31(25-13-15-27(33-3)29(21-25)35-5,18-9-17-30-22-24-10-7-6-8-11-24)19-16-23-12-14-26(32-2)28(20-23)34-4/h6-8,10-15,20-21,30H,9,16-19,22H2,1-5H3/q+1. The molecule has 0 aliphatic carbocycles. The minimum absolute atomic E-state index is 0.743. The van der Waals surface area contributed by atoms with Gasteiger partial charge in [0.25, 0.3) is 0 Å². The molecule has 0 aliphatic heterocycles. The smallest absolute Gasteiger partial charge is 0.166 e. The summed E-state index contributed by atoms with van der Waals surface area (Å²) in [5.41, 5.74) is 3.72. The van der Waals surface area contributed by atoms with Crippen molar-refractivity contribution in [1.82, 2.24) is 9.80 Å². The summed E-state index contributed by atoms with van der Waals surface area (Å²) in [6.45, 7) is 3.76. The molecule has 0 aliphatic rings. The fourth-order valence-corrected chi connectivity index (χ4v) is 4.32. The zero-order valence-electron chi connectivity index (χ0n) is 21.7. The Morgan fingerprint density at radius 3 is 1.94 bits per heavy atom. The third-order valence-corrected chi connectivity index (χ3v) is 6.51. The highest BCUT2D eigenvalue weighted by Crippen LogP contribution is 2.34. The maximum Gasteiger partial charge on any atom is 0.166 e. The Balaban J connectivity index is 1.73. The maximum atomic E-state index is 5.60. The van der Waals surface area contributed by atoms with Crippen molar-refractivity contribution in [2.24, 2.45) is 0 Å². The van der Waals surface area contributed by atoms with Gasteiger partial charge in [0.2, 0.25) is 0 Å². The van der Waals surface area contributed by atoms with Gasteiger partial charge in [0.15, 0.2) is 23.0 Å². The van der Waals surface area contributed by atoms with E-state index < -0.39 is 0 Å². The second-order valence-electron chi connectivity index (χ2n) is 8.84. The first-order chi connectivity index (χ1) is 17.0. The van der Waals surface area contributed by atoms with E-state index in [-0.39, 0.29) is 0 Å². The van der Waals surface area contributed by atoms with E-state index in [4.69, 9.17) is 18.9 Å². The van der Waals surface area contributed by atoms with E-state index in [2.05, 4.69) is 60.9 Å². The molecule has 188 valence electrons. The molecule has 3 aromatic carbocycles. The van der Waals surface area contributed by atoms with Crippen LogP contribution in [0.5, 0.6) is 23.0 Å². The molecule has 0 radical (unpaired) electrons. The molecule has 35 heavy (non-hydrogen) atoms. The van der Waals surface area contributed by atoms with Crippen molar-refractivity contribution in [3.05, 3.63) is 77.9 Å². The summed E-state index contributed by atoms with van der Waals surface area (Å²) in [5, 5.41) is 3.58. The first-order valence-corrected chi connectivity index (χ1v) is 12.1. The molecule has 3 rings (SSSR count). The molecular formula is C29H39N2O4+. The molecule has 0 saturated carbocycles. The van der Waals surface area contributed by atoms with Gasteiger partial charge < -0.3 is 24.3 Å². The Labute approximate surface area is 210 Å². The number of hydrogen-bond donors (Lipinski definition) is 1. The average Bonchev–Trinajstić information content (AvgIpc) is 2.91. The molecule has 0 bridgehead atoms. The number of methoxy groups -OCH3 is 4. The summed E-state index contributed by atoms with van der Waals surface area (Å²) in [6.07, 6.45) is 1.95. The highest BCUT2D eigenvalue weighted by molar-refractivity contribution is 5.54. The monoisotopic (exact) mass is 479 g/mol. The predicted octanol–water partition coefficient (Wildman–Crippen LogP) is 5.08. The van der Waals surface area contributed by atoms with Gasteiger partial charge in [-0.3, -0.25) is 4.48 Å². The predicted molar refractivity (Wildman–Crippen MR) is 143 cm³/mol. The zero-order valence-corrected chi connectivity index (χ0v) is 21.7. The highest BCUT2D eigenvalue weighted by Gasteiger charge is 2.26. The lowest BCUT2D eigenvalue weighted by molar-refractivity contribution is 0.319. The summed E-state index contributed by atoms with van der Waals surface area (Å²) < 4.78 is 22.8. The quantitative estimate of drug-likeness (QED) is 0.258. The van der Waals surface area contributed by atoms with Crippen LogP contribution in [0.3, 0.4) is 0 Å². The minimum Gasteiger partial charge on any atom is -0.493 e. The second-order valence-corrected chi connectivity index (χ2v) is 8.84. The lowest BCUT2D eigenvalue weighted by Crippen LogP contribution is -2.48. The van der Waals surface area contributed by atoms with Gasteiger partial charge in [-0.25, -0.2) is 0 Å². The van der Waals surface area contributed by atoms with Crippen LogP contribution in [0.4, 0.5) is 5.69 Å². The van der Waals surface area contributed by atoms with E-state index in [1.54, 1.807) is 28.4 Å². The molecule has 6 nitrogen and oxygen atoms in total. The van der Waals surface area contributed by atoms with Crippen molar-refractivity contribution in [2.75, 3.05) is 55.1 Å². The molecule has 1 atom stereocenters. The molecule has 3 aromatic rings. The Morgan fingerprint density at radius 1 is 0.657 bits per heavy atom. The largest absolute Gasteiger partial charge is 0.493 e. The summed E-state index contributed by atoms with van der Waals surface area (Å²) in [6, 6.07) is 22.9. The third kappa shape index (κ3) is 7.13. The Bertz CT molecular complexity index is 1060. The van der Waals surface area contributed by atoms with Crippen LogP contribution in [0, 0.1) is 0 Å². The zero-order chi connectivity index (χ0) is 25.1. The fourth-order valence-electron chi connectivity index (χ4n) is 4.32.